The van der Waals surface area contributed by atoms with Crippen molar-refractivity contribution in [3.63, 3.8) is 0 Å². The molecule has 3 aromatic carbocycles. The fourth-order valence-corrected chi connectivity index (χ4v) is 3.12. The van der Waals surface area contributed by atoms with Crippen molar-refractivity contribution in [3.05, 3.63) is 101 Å². The van der Waals surface area contributed by atoms with Crippen molar-refractivity contribution >= 4 is 18.0 Å². The lowest BCUT2D eigenvalue weighted by Crippen LogP contribution is -2.22. The SMILES string of the molecule is COC(=O)/C=C/c1cc(C(=O)NCc2ccc(C)cc2)cc(-c2ccc(C(F)(F)F)cc2)c1. The van der Waals surface area contributed by atoms with Crippen LogP contribution in [0.15, 0.2) is 72.8 Å². The van der Waals surface area contributed by atoms with E-state index in [4.69, 9.17) is 0 Å². The molecule has 0 fully saturated rings. The normalized spacial score (nSPS) is 11.4. The van der Waals surface area contributed by atoms with Gasteiger partial charge in [0.15, 0.2) is 0 Å². The lowest BCUT2D eigenvalue weighted by atomic mass is 9.98. The van der Waals surface area contributed by atoms with E-state index in [2.05, 4.69) is 10.1 Å². The quantitative estimate of drug-likeness (QED) is 0.379. The Morgan fingerprint density at radius 2 is 1.61 bits per heavy atom. The number of methoxy groups -OCH3 is 1. The van der Waals surface area contributed by atoms with Crippen molar-refractivity contribution in [3.8, 4) is 11.1 Å². The van der Waals surface area contributed by atoms with Crippen molar-refractivity contribution < 1.29 is 27.5 Å². The number of benzene rings is 3. The predicted molar refractivity (Wildman–Crippen MR) is 120 cm³/mol. The molecule has 0 heterocycles. The first-order valence-electron chi connectivity index (χ1n) is 10.1. The number of aryl methyl sites for hydroxylation is 1. The summed E-state index contributed by atoms with van der Waals surface area (Å²) in [6, 6.07) is 17.3. The minimum Gasteiger partial charge on any atom is -0.466 e. The molecule has 0 saturated carbocycles. The van der Waals surface area contributed by atoms with Gasteiger partial charge in [0.25, 0.3) is 5.91 Å². The molecule has 3 rings (SSSR count). The highest BCUT2D eigenvalue weighted by atomic mass is 19.4. The maximum absolute atomic E-state index is 12.9. The zero-order valence-corrected chi connectivity index (χ0v) is 18.1. The maximum atomic E-state index is 12.9. The van der Waals surface area contributed by atoms with Gasteiger partial charge in [-0.3, -0.25) is 4.79 Å². The van der Waals surface area contributed by atoms with Gasteiger partial charge in [-0.1, -0.05) is 42.0 Å². The molecule has 0 bridgehead atoms. The summed E-state index contributed by atoms with van der Waals surface area (Å²) in [6.45, 7) is 2.29. The fourth-order valence-electron chi connectivity index (χ4n) is 3.12. The topological polar surface area (TPSA) is 55.4 Å². The van der Waals surface area contributed by atoms with Crippen LogP contribution in [0.1, 0.15) is 32.6 Å². The summed E-state index contributed by atoms with van der Waals surface area (Å²) in [5.41, 5.74) is 3.15. The van der Waals surface area contributed by atoms with Gasteiger partial charge in [0.05, 0.1) is 12.7 Å². The molecule has 170 valence electrons. The van der Waals surface area contributed by atoms with E-state index < -0.39 is 17.7 Å². The van der Waals surface area contributed by atoms with Gasteiger partial charge in [0.2, 0.25) is 0 Å². The Morgan fingerprint density at radius 1 is 0.939 bits per heavy atom. The van der Waals surface area contributed by atoms with Crippen molar-refractivity contribution in [2.24, 2.45) is 0 Å². The molecular weight excluding hydrogens is 431 g/mol. The third-order valence-electron chi connectivity index (χ3n) is 4.95. The Balaban J connectivity index is 1.91. The van der Waals surface area contributed by atoms with Crippen molar-refractivity contribution in [2.75, 3.05) is 7.11 Å². The number of esters is 1. The van der Waals surface area contributed by atoms with E-state index in [1.165, 1.54) is 31.4 Å². The molecule has 0 atom stereocenters. The second-order valence-electron chi connectivity index (χ2n) is 7.44. The number of ether oxygens (including phenoxy) is 1. The number of hydrogen-bond acceptors (Lipinski definition) is 3. The molecule has 1 N–H and O–H groups in total. The lowest BCUT2D eigenvalue weighted by Gasteiger charge is -2.11. The number of alkyl halides is 3. The van der Waals surface area contributed by atoms with Crippen LogP contribution in [0, 0.1) is 6.92 Å². The first-order chi connectivity index (χ1) is 15.7. The van der Waals surface area contributed by atoms with Crippen molar-refractivity contribution in [2.45, 2.75) is 19.6 Å². The zero-order valence-electron chi connectivity index (χ0n) is 18.1. The molecule has 4 nitrogen and oxygen atoms in total. The summed E-state index contributed by atoms with van der Waals surface area (Å²) < 4.78 is 43.3. The highest BCUT2D eigenvalue weighted by Crippen LogP contribution is 2.31. The van der Waals surface area contributed by atoms with Crippen LogP contribution in [0.3, 0.4) is 0 Å². The molecule has 7 heteroatoms. The standard InChI is InChI=1S/C26H22F3NO3/c1-17-3-5-18(6-4-17)16-30-25(32)22-14-19(7-12-24(31)33-2)13-21(15-22)20-8-10-23(11-9-20)26(27,28)29/h3-15H,16H2,1-2H3,(H,30,32)/b12-7+. The van der Waals surface area contributed by atoms with Gasteiger partial charge in [-0.25, -0.2) is 4.79 Å². The van der Waals surface area contributed by atoms with Gasteiger partial charge in [0, 0.05) is 18.2 Å². The minimum absolute atomic E-state index is 0.309. The Kier molecular flexibility index (Phi) is 7.33. The Morgan fingerprint density at radius 3 is 2.21 bits per heavy atom. The van der Waals surface area contributed by atoms with Crippen LogP contribution < -0.4 is 5.32 Å². The van der Waals surface area contributed by atoms with Gasteiger partial charge >= 0.3 is 12.1 Å². The second kappa shape index (κ2) is 10.2. The number of rotatable bonds is 6. The average Bonchev–Trinajstić information content (AvgIpc) is 2.81. The van der Waals surface area contributed by atoms with Crippen LogP contribution >= 0.6 is 0 Å². The van der Waals surface area contributed by atoms with E-state index in [9.17, 15) is 22.8 Å². The van der Waals surface area contributed by atoms with Crippen LogP contribution in [0.25, 0.3) is 17.2 Å². The van der Waals surface area contributed by atoms with Crippen molar-refractivity contribution in [1.29, 1.82) is 0 Å². The van der Waals surface area contributed by atoms with Gasteiger partial charge in [-0.15, -0.1) is 0 Å². The summed E-state index contributed by atoms with van der Waals surface area (Å²) >= 11 is 0. The largest absolute Gasteiger partial charge is 0.466 e. The molecule has 33 heavy (non-hydrogen) atoms. The van der Waals surface area contributed by atoms with E-state index in [0.29, 0.717) is 28.8 Å². The Hall–Kier alpha value is -3.87. The third-order valence-corrected chi connectivity index (χ3v) is 4.95. The first kappa shape index (κ1) is 23.8. The number of hydrogen-bond donors (Lipinski definition) is 1. The van der Waals surface area contributed by atoms with Crippen LogP contribution in [0.2, 0.25) is 0 Å². The number of carbonyl (C=O) groups excluding carboxylic acids is 2. The lowest BCUT2D eigenvalue weighted by molar-refractivity contribution is -0.137. The molecule has 1 amide bonds. The maximum Gasteiger partial charge on any atom is 0.416 e. The summed E-state index contributed by atoms with van der Waals surface area (Å²) in [6.07, 6.45) is -1.75. The minimum atomic E-state index is -4.44. The van der Waals surface area contributed by atoms with E-state index in [1.807, 2.05) is 31.2 Å². The molecule has 0 saturated heterocycles. The monoisotopic (exact) mass is 453 g/mol. The number of nitrogens with one attached hydrogen (secondary N) is 1. The van der Waals surface area contributed by atoms with E-state index in [1.54, 1.807) is 18.2 Å². The van der Waals surface area contributed by atoms with E-state index in [0.717, 1.165) is 23.3 Å². The molecule has 0 aliphatic carbocycles. The average molecular weight is 453 g/mol. The molecule has 0 aromatic heterocycles. The second-order valence-corrected chi connectivity index (χ2v) is 7.44. The molecule has 0 unspecified atom stereocenters. The summed E-state index contributed by atoms with van der Waals surface area (Å²) in [5, 5.41) is 2.84. The summed E-state index contributed by atoms with van der Waals surface area (Å²) in [5.74, 6) is -0.919. The van der Waals surface area contributed by atoms with Gasteiger partial charge in [-0.05, 0) is 65.6 Å². The van der Waals surface area contributed by atoms with Gasteiger partial charge in [-0.2, -0.15) is 13.2 Å². The van der Waals surface area contributed by atoms with Gasteiger partial charge < -0.3 is 10.1 Å². The van der Waals surface area contributed by atoms with Crippen LogP contribution in [0.5, 0.6) is 0 Å². The Bertz CT molecular complexity index is 1160. The Labute approximate surface area is 189 Å². The van der Waals surface area contributed by atoms with Crippen LogP contribution in [-0.4, -0.2) is 19.0 Å². The smallest absolute Gasteiger partial charge is 0.416 e. The van der Waals surface area contributed by atoms with Crippen LogP contribution in [-0.2, 0) is 22.3 Å². The number of halogens is 3. The fraction of sp³-hybridized carbons (Fsp3) is 0.154. The highest BCUT2D eigenvalue weighted by molar-refractivity contribution is 5.97. The van der Waals surface area contributed by atoms with E-state index >= 15 is 0 Å². The molecular formula is C26H22F3NO3. The van der Waals surface area contributed by atoms with Gasteiger partial charge in [0.1, 0.15) is 0 Å². The molecule has 3 aromatic rings. The van der Waals surface area contributed by atoms with E-state index in [-0.39, 0.29) is 5.91 Å². The highest BCUT2D eigenvalue weighted by Gasteiger charge is 2.30. The molecule has 0 aliphatic heterocycles. The first-order valence-corrected chi connectivity index (χ1v) is 10.1. The van der Waals surface area contributed by atoms with Crippen molar-refractivity contribution in [1.82, 2.24) is 5.32 Å². The molecule has 0 radical (unpaired) electrons. The molecule has 0 spiro atoms. The molecule has 0 aliphatic rings. The number of carbonyl (C=O) groups is 2. The zero-order chi connectivity index (χ0) is 24.0. The third kappa shape index (κ3) is 6.55. The number of amides is 1. The summed E-state index contributed by atoms with van der Waals surface area (Å²) in [7, 11) is 1.25. The summed E-state index contributed by atoms with van der Waals surface area (Å²) in [4.78, 5) is 24.3. The predicted octanol–water partition coefficient (Wildman–Crippen LogP) is 5.80. The van der Waals surface area contributed by atoms with Crippen LogP contribution in [0.4, 0.5) is 13.2 Å².